The smallest absolute Gasteiger partial charge is 0.339 e. The van der Waals surface area contributed by atoms with Crippen molar-refractivity contribution in [2.75, 3.05) is 6.54 Å². The third-order valence-corrected chi connectivity index (χ3v) is 4.14. The summed E-state index contributed by atoms with van der Waals surface area (Å²) in [6.07, 6.45) is 0.400. The van der Waals surface area contributed by atoms with Gasteiger partial charge in [-0.2, -0.15) is 0 Å². The summed E-state index contributed by atoms with van der Waals surface area (Å²) in [5.41, 5.74) is 0.647. The maximum absolute atomic E-state index is 12.1. The number of carbonyl (C=O) groups excluding carboxylic acids is 2. The van der Waals surface area contributed by atoms with E-state index >= 15 is 0 Å². The van der Waals surface area contributed by atoms with E-state index in [-0.39, 0.29) is 54.5 Å². The largest absolute Gasteiger partial charge is 0.550 e. The molecule has 8 heteroatoms. The van der Waals surface area contributed by atoms with Gasteiger partial charge in [-0.15, -0.1) is 0 Å². The summed E-state index contributed by atoms with van der Waals surface area (Å²) >= 11 is 5.89. The number of aliphatic carboxylic acids is 1. The van der Waals surface area contributed by atoms with Crippen molar-refractivity contribution in [1.29, 1.82) is 0 Å². The molecule has 0 saturated heterocycles. The molecule has 1 aromatic carbocycles. The first-order valence-electron chi connectivity index (χ1n) is 7.71. The van der Waals surface area contributed by atoms with Gasteiger partial charge in [-0.25, -0.2) is 4.79 Å². The number of carboxylic acid groups (broad SMARTS) is 1. The van der Waals surface area contributed by atoms with E-state index in [0.717, 1.165) is 0 Å². The first-order chi connectivity index (χ1) is 11.8. The van der Waals surface area contributed by atoms with Crippen LogP contribution in [0, 0.1) is 6.92 Å². The van der Waals surface area contributed by atoms with E-state index in [9.17, 15) is 24.6 Å². The number of phenolic OH excluding ortho intramolecular Hbond substituents is 1. The van der Waals surface area contributed by atoms with Crippen LogP contribution in [0.1, 0.15) is 30.4 Å². The first kappa shape index (κ1) is 18.8. The highest BCUT2D eigenvalue weighted by Crippen LogP contribution is 2.30. The van der Waals surface area contributed by atoms with Gasteiger partial charge in [-0.3, -0.25) is 4.79 Å². The Hall–Kier alpha value is -2.54. The van der Waals surface area contributed by atoms with E-state index < -0.39 is 11.6 Å². The molecule has 1 aromatic heterocycles. The van der Waals surface area contributed by atoms with Gasteiger partial charge >= 0.3 is 5.63 Å². The number of amides is 1. The Labute approximate surface area is 148 Å². The van der Waals surface area contributed by atoms with E-state index in [2.05, 4.69) is 5.32 Å². The number of benzene rings is 1. The van der Waals surface area contributed by atoms with Crippen molar-refractivity contribution < 1.29 is 24.2 Å². The van der Waals surface area contributed by atoms with E-state index in [0.29, 0.717) is 16.5 Å². The lowest BCUT2D eigenvalue weighted by Gasteiger charge is -2.09. The van der Waals surface area contributed by atoms with Crippen LogP contribution in [-0.2, 0) is 16.0 Å². The van der Waals surface area contributed by atoms with E-state index in [4.69, 9.17) is 16.0 Å². The molecular formula is C17H17ClNO6-. The molecule has 0 aliphatic heterocycles. The molecule has 0 unspecified atom stereocenters. The molecule has 1 heterocycles. The lowest BCUT2D eigenvalue weighted by Crippen LogP contribution is -2.28. The summed E-state index contributed by atoms with van der Waals surface area (Å²) in [6, 6.07) is 2.79. The van der Waals surface area contributed by atoms with Crippen molar-refractivity contribution in [1.82, 2.24) is 5.32 Å². The first-order valence-corrected chi connectivity index (χ1v) is 8.08. The lowest BCUT2D eigenvalue weighted by molar-refractivity contribution is -0.305. The van der Waals surface area contributed by atoms with Gasteiger partial charge < -0.3 is 24.7 Å². The van der Waals surface area contributed by atoms with Gasteiger partial charge in [0.2, 0.25) is 5.91 Å². The summed E-state index contributed by atoms with van der Waals surface area (Å²) < 4.78 is 5.19. The lowest BCUT2D eigenvalue weighted by atomic mass is 10.0. The Morgan fingerprint density at radius 2 is 2.04 bits per heavy atom. The number of hydrogen-bond acceptors (Lipinski definition) is 6. The highest BCUT2D eigenvalue weighted by molar-refractivity contribution is 6.32. The van der Waals surface area contributed by atoms with Crippen molar-refractivity contribution in [3.05, 3.63) is 38.7 Å². The second kappa shape index (κ2) is 8.02. The third-order valence-electron chi connectivity index (χ3n) is 3.84. The molecule has 2 N–H and O–H groups in total. The van der Waals surface area contributed by atoms with Crippen LogP contribution in [-0.4, -0.2) is 23.5 Å². The zero-order chi connectivity index (χ0) is 18.6. The highest BCUT2D eigenvalue weighted by Gasteiger charge is 2.14. The molecule has 0 saturated carbocycles. The maximum Gasteiger partial charge on any atom is 0.339 e. The topological polar surface area (TPSA) is 120 Å². The number of fused-ring (bicyclic) bond motifs is 1. The molecule has 1 amide bonds. The SMILES string of the molecule is Cc1c(CCC(=O)NCCCC(=O)[O-])c(=O)oc2cc(O)c(Cl)cc12. The maximum atomic E-state index is 12.1. The second-order valence-corrected chi connectivity index (χ2v) is 6.03. The molecule has 0 atom stereocenters. The predicted octanol–water partition coefficient (Wildman–Crippen LogP) is 1.04. The number of carbonyl (C=O) groups is 2. The van der Waals surface area contributed by atoms with E-state index in [1.807, 2.05) is 0 Å². The molecule has 0 aliphatic rings. The van der Waals surface area contributed by atoms with Gasteiger partial charge in [0.1, 0.15) is 11.3 Å². The average molecular weight is 367 g/mol. The number of hydrogen-bond donors (Lipinski definition) is 2. The van der Waals surface area contributed by atoms with Gasteiger partial charge in [-0.05, 0) is 37.8 Å². The fraction of sp³-hybridized carbons (Fsp3) is 0.353. The fourth-order valence-electron chi connectivity index (χ4n) is 2.47. The van der Waals surface area contributed by atoms with Crippen LogP contribution in [0.25, 0.3) is 11.0 Å². The molecule has 7 nitrogen and oxygen atoms in total. The number of rotatable bonds is 7. The Balaban J connectivity index is 2.08. The van der Waals surface area contributed by atoms with E-state index in [1.165, 1.54) is 12.1 Å². The summed E-state index contributed by atoms with van der Waals surface area (Å²) in [6.45, 7) is 1.95. The summed E-state index contributed by atoms with van der Waals surface area (Å²) in [4.78, 5) is 34.2. The molecule has 0 radical (unpaired) electrons. The summed E-state index contributed by atoms with van der Waals surface area (Å²) in [5, 5.41) is 23.2. The Morgan fingerprint density at radius 1 is 1.32 bits per heavy atom. The van der Waals surface area contributed by atoms with Crippen LogP contribution in [0.3, 0.4) is 0 Å². The monoisotopic (exact) mass is 366 g/mol. The summed E-state index contributed by atoms with van der Waals surface area (Å²) in [5.74, 6) is -1.63. The van der Waals surface area contributed by atoms with Crippen LogP contribution in [0.5, 0.6) is 5.75 Å². The van der Waals surface area contributed by atoms with Crippen molar-refractivity contribution in [2.24, 2.45) is 0 Å². The van der Waals surface area contributed by atoms with Crippen LogP contribution in [0.2, 0.25) is 5.02 Å². The van der Waals surface area contributed by atoms with Crippen LogP contribution in [0.15, 0.2) is 21.3 Å². The van der Waals surface area contributed by atoms with Crippen molar-refractivity contribution >= 4 is 34.4 Å². The number of nitrogens with one attached hydrogen (secondary N) is 1. The standard InChI is InChI=1S/C17H18ClNO6/c1-9-10(4-5-15(21)19-6-2-3-16(22)23)17(24)25-14-8-13(20)12(18)7-11(9)14/h7-8,20H,2-6H2,1H3,(H,19,21)(H,22,23)/p-1. The number of phenols is 1. The Kier molecular flexibility index (Phi) is 6.03. The van der Waals surface area contributed by atoms with E-state index in [1.54, 1.807) is 6.92 Å². The Bertz CT molecular complexity index is 874. The molecule has 134 valence electrons. The number of halogens is 1. The zero-order valence-electron chi connectivity index (χ0n) is 13.6. The van der Waals surface area contributed by atoms with Gasteiger partial charge in [0.05, 0.1) is 5.02 Å². The minimum absolute atomic E-state index is 0.0637. The van der Waals surface area contributed by atoms with Gasteiger partial charge in [0.25, 0.3) is 0 Å². The third kappa shape index (κ3) is 4.73. The normalized spacial score (nSPS) is 10.8. The van der Waals surface area contributed by atoms with Crippen molar-refractivity contribution in [2.45, 2.75) is 32.6 Å². The molecule has 0 spiro atoms. The van der Waals surface area contributed by atoms with Crippen LogP contribution < -0.4 is 16.0 Å². The van der Waals surface area contributed by atoms with Crippen molar-refractivity contribution in [3.63, 3.8) is 0 Å². The zero-order valence-corrected chi connectivity index (χ0v) is 14.3. The molecule has 2 rings (SSSR count). The molecular weight excluding hydrogens is 350 g/mol. The van der Waals surface area contributed by atoms with Gasteiger partial charge in [-0.1, -0.05) is 11.6 Å². The van der Waals surface area contributed by atoms with Gasteiger partial charge in [0.15, 0.2) is 0 Å². The number of carboxylic acids is 1. The van der Waals surface area contributed by atoms with Crippen LogP contribution >= 0.6 is 11.6 Å². The number of aryl methyl sites for hydroxylation is 1. The minimum atomic E-state index is -1.16. The molecule has 25 heavy (non-hydrogen) atoms. The molecule has 0 aliphatic carbocycles. The molecule has 0 bridgehead atoms. The quantitative estimate of drug-likeness (QED) is 0.558. The minimum Gasteiger partial charge on any atom is -0.550 e. The van der Waals surface area contributed by atoms with Gasteiger partial charge in [0, 0.05) is 36.0 Å². The fourth-order valence-corrected chi connectivity index (χ4v) is 2.64. The summed E-state index contributed by atoms with van der Waals surface area (Å²) in [7, 11) is 0. The molecule has 2 aromatic rings. The molecule has 0 fully saturated rings. The van der Waals surface area contributed by atoms with Crippen molar-refractivity contribution in [3.8, 4) is 5.75 Å². The highest BCUT2D eigenvalue weighted by atomic mass is 35.5. The van der Waals surface area contributed by atoms with Crippen LogP contribution in [0.4, 0.5) is 0 Å². The average Bonchev–Trinajstić information content (AvgIpc) is 2.53. The predicted molar refractivity (Wildman–Crippen MR) is 89.5 cm³/mol. The second-order valence-electron chi connectivity index (χ2n) is 5.62. The number of aromatic hydroxyl groups is 1. The Morgan fingerprint density at radius 3 is 2.72 bits per heavy atom.